The summed E-state index contributed by atoms with van der Waals surface area (Å²) in [6.45, 7) is 1.99. The number of halogens is 3. The number of hydrogen-bond donors (Lipinski definition) is 1. The van der Waals surface area contributed by atoms with Crippen LogP contribution in [0.4, 0.5) is 14.5 Å². The number of anilines is 1. The van der Waals surface area contributed by atoms with Crippen LogP contribution >= 0.6 is 11.6 Å². The van der Waals surface area contributed by atoms with Crippen molar-refractivity contribution in [3.8, 4) is 11.3 Å². The highest BCUT2D eigenvalue weighted by molar-refractivity contribution is 6.30. The van der Waals surface area contributed by atoms with E-state index < -0.39 is 11.6 Å². The molecule has 2 heterocycles. The minimum absolute atomic E-state index is 0.0175. The smallest absolute Gasteiger partial charge is 0.227 e. The molecule has 1 amide bonds. The van der Waals surface area contributed by atoms with Gasteiger partial charge in [-0.3, -0.25) is 9.78 Å². The van der Waals surface area contributed by atoms with Crippen molar-refractivity contribution < 1.29 is 13.6 Å². The number of nitrogens with zero attached hydrogens (tertiary/aromatic N) is 3. The molecule has 2 aliphatic carbocycles. The summed E-state index contributed by atoms with van der Waals surface area (Å²) >= 11 is 5.90. The van der Waals surface area contributed by atoms with E-state index in [9.17, 15) is 13.6 Å². The van der Waals surface area contributed by atoms with Gasteiger partial charge in [0.15, 0.2) is 11.6 Å². The minimum atomic E-state index is -0.881. The van der Waals surface area contributed by atoms with Gasteiger partial charge in [0.2, 0.25) is 5.91 Å². The fourth-order valence-corrected chi connectivity index (χ4v) is 5.96. The molecule has 2 aromatic carbocycles. The number of benzene rings is 2. The van der Waals surface area contributed by atoms with E-state index in [0.717, 1.165) is 35.9 Å². The first-order valence-corrected chi connectivity index (χ1v) is 12.1. The molecule has 0 unspecified atom stereocenters. The van der Waals surface area contributed by atoms with Gasteiger partial charge in [0.25, 0.3) is 0 Å². The van der Waals surface area contributed by atoms with Gasteiger partial charge in [0.1, 0.15) is 0 Å². The second-order valence-corrected chi connectivity index (χ2v) is 10.1. The van der Waals surface area contributed by atoms with Crippen LogP contribution in [0, 0.1) is 35.3 Å². The Hall–Kier alpha value is -3.32. The third-order valence-electron chi connectivity index (χ3n) is 7.66. The van der Waals surface area contributed by atoms with Gasteiger partial charge in [-0.25, -0.2) is 13.8 Å². The SMILES string of the molecule is C[C@H](C(=O)Nc1ccc(-c2ccc(Cl)cn2)cc1)[C@H]1[C@@H]2C[C@@H](n3cnc4cc(F)c(F)cc43)C[C@@H]21. The molecule has 1 N–H and O–H groups in total. The second-order valence-electron chi connectivity index (χ2n) is 9.65. The summed E-state index contributed by atoms with van der Waals surface area (Å²) in [6, 6.07) is 13.8. The van der Waals surface area contributed by atoms with Crippen molar-refractivity contribution in [3.63, 3.8) is 0 Å². The first kappa shape index (κ1) is 22.2. The standard InChI is InChI=1S/C27H23ClF2N4O/c1-14(27(35)33-17-5-2-15(3-6-17)23-7-4-16(28)12-31-23)26-19-8-18(9-20(19)26)34-13-32-24-10-21(29)22(30)11-25(24)34/h2-7,10-14,18-20,26H,8-9H2,1H3,(H,33,35)/t14-,18-,19-,20+,26+/m0/s1. The van der Waals surface area contributed by atoms with Crippen LogP contribution in [0.25, 0.3) is 22.3 Å². The molecule has 178 valence electrons. The molecule has 2 aliphatic rings. The Morgan fingerprint density at radius 3 is 2.46 bits per heavy atom. The molecule has 2 saturated carbocycles. The lowest BCUT2D eigenvalue weighted by Crippen LogP contribution is -2.24. The van der Waals surface area contributed by atoms with Gasteiger partial charge in [-0.1, -0.05) is 30.7 Å². The summed E-state index contributed by atoms with van der Waals surface area (Å²) in [4.78, 5) is 21.5. The van der Waals surface area contributed by atoms with E-state index >= 15 is 0 Å². The Kier molecular flexibility index (Phi) is 5.33. The first-order valence-electron chi connectivity index (χ1n) is 11.7. The Balaban J connectivity index is 1.08. The van der Waals surface area contributed by atoms with Gasteiger partial charge >= 0.3 is 0 Å². The monoisotopic (exact) mass is 492 g/mol. The number of aromatic nitrogens is 3. The summed E-state index contributed by atoms with van der Waals surface area (Å²) in [6.07, 6.45) is 5.12. The third-order valence-corrected chi connectivity index (χ3v) is 7.89. The Morgan fingerprint density at radius 1 is 1.06 bits per heavy atom. The van der Waals surface area contributed by atoms with E-state index in [1.165, 1.54) is 6.07 Å². The van der Waals surface area contributed by atoms with Crippen LogP contribution in [0.2, 0.25) is 5.02 Å². The highest BCUT2D eigenvalue weighted by atomic mass is 35.5. The van der Waals surface area contributed by atoms with E-state index in [4.69, 9.17) is 11.6 Å². The maximum absolute atomic E-state index is 13.8. The number of imidazole rings is 1. The highest BCUT2D eigenvalue weighted by Gasteiger charge is 2.59. The zero-order valence-corrected chi connectivity index (χ0v) is 19.7. The fraction of sp³-hybridized carbons (Fsp3) is 0.296. The molecular formula is C27H23ClF2N4O. The summed E-state index contributed by atoms with van der Waals surface area (Å²) in [5.41, 5.74) is 3.61. The quantitative estimate of drug-likeness (QED) is 0.346. The van der Waals surface area contributed by atoms with E-state index in [-0.39, 0.29) is 17.9 Å². The molecule has 5 nitrogen and oxygen atoms in total. The number of nitrogens with one attached hydrogen (secondary N) is 1. The number of hydrogen-bond acceptors (Lipinski definition) is 3. The van der Waals surface area contributed by atoms with E-state index in [1.54, 1.807) is 18.6 Å². The lowest BCUT2D eigenvalue weighted by atomic mass is 9.96. The van der Waals surface area contributed by atoms with Gasteiger partial charge in [0.05, 0.1) is 28.1 Å². The van der Waals surface area contributed by atoms with Crippen LogP contribution in [0.3, 0.4) is 0 Å². The molecule has 0 spiro atoms. The highest BCUT2D eigenvalue weighted by Crippen LogP contribution is 2.64. The van der Waals surface area contributed by atoms with E-state index in [2.05, 4.69) is 15.3 Å². The maximum Gasteiger partial charge on any atom is 0.227 e. The molecule has 2 aromatic heterocycles. The summed E-state index contributed by atoms with van der Waals surface area (Å²) in [5, 5.41) is 3.63. The number of carbonyl (C=O) groups is 1. The van der Waals surface area contributed by atoms with Crippen molar-refractivity contribution in [2.75, 3.05) is 5.32 Å². The predicted molar refractivity (Wildman–Crippen MR) is 131 cm³/mol. The van der Waals surface area contributed by atoms with Crippen LogP contribution in [0.15, 0.2) is 61.1 Å². The molecule has 0 bridgehead atoms. The van der Waals surface area contributed by atoms with Crippen molar-refractivity contribution in [3.05, 3.63) is 77.7 Å². The minimum Gasteiger partial charge on any atom is -0.327 e. The summed E-state index contributed by atoms with van der Waals surface area (Å²) < 4.78 is 29.2. The molecule has 0 saturated heterocycles. The first-order chi connectivity index (χ1) is 16.9. The van der Waals surface area contributed by atoms with Gasteiger partial charge in [-0.05, 0) is 54.9 Å². The molecule has 5 atom stereocenters. The number of rotatable bonds is 5. The largest absolute Gasteiger partial charge is 0.327 e. The van der Waals surface area contributed by atoms with Gasteiger partial charge in [-0.15, -0.1) is 0 Å². The van der Waals surface area contributed by atoms with Gasteiger partial charge in [-0.2, -0.15) is 0 Å². The molecule has 4 aromatic rings. The third kappa shape index (κ3) is 3.97. The van der Waals surface area contributed by atoms with Crippen LogP contribution < -0.4 is 5.32 Å². The van der Waals surface area contributed by atoms with Crippen LogP contribution in [-0.2, 0) is 4.79 Å². The fourth-order valence-electron chi connectivity index (χ4n) is 5.85. The summed E-state index contributed by atoms with van der Waals surface area (Å²) in [7, 11) is 0. The van der Waals surface area contributed by atoms with Crippen LogP contribution in [0.1, 0.15) is 25.8 Å². The Labute approximate surface area is 206 Å². The van der Waals surface area contributed by atoms with Gasteiger partial charge in [0, 0.05) is 41.5 Å². The molecule has 2 fully saturated rings. The van der Waals surface area contributed by atoms with Crippen LogP contribution in [0.5, 0.6) is 0 Å². The average molecular weight is 493 g/mol. The molecule has 0 aliphatic heterocycles. The number of pyridine rings is 1. The zero-order chi connectivity index (χ0) is 24.3. The van der Waals surface area contributed by atoms with Crippen molar-refractivity contribution in [2.45, 2.75) is 25.8 Å². The van der Waals surface area contributed by atoms with Crippen molar-refractivity contribution in [1.29, 1.82) is 0 Å². The normalized spacial score (nSPS) is 23.8. The van der Waals surface area contributed by atoms with Crippen molar-refractivity contribution >= 4 is 34.2 Å². The van der Waals surface area contributed by atoms with Crippen molar-refractivity contribution in [2.24, 2.45) is 23.7 Å². The van der Waals surface area contributed by atoms with Gasteiger partial charge < -0.3 is 9.88 Å². The molecule has 0 radical (unpaired) electrons. The molecule has 8 heteroatoms. The lowest BCUT2D eigenvalue weighted by molar-refractivity contribution is -0.120. The molecular weight excluding hydrogens is 470 g/mol. The maximum atomic E-state index is 13.8. The Bertz CT molecular complexity index is 1410. The number of carbonyl (C=O) groups excluding carboxylic acids is 1. The van der Waals surface area contributed by atoms with Crippen molar-refractivity contribution in [1.82, 2.24) is 14.5 Å². The predicted octanol–water partition coefficient (Wildman–Crippen LogP) is 6.50. The topological polar surface area (TPSA) is 59.8 Å². The van der Waals surface area contributed by atoms with E-state index in [1.807, 2.05) is 41.8 Å². The second kappa shape index (κ2) is 8.41. The van der Waals surface area contributed by atoms with Crippen LogP contribution in [-0.4, -0.2) is 20.4 Å². The zero-order valence-electron chi connectivity index (χ0n) is 19.0. The average Bonchev–Trinajstić information content (AvgIpc) is 3.15. The Morgan fingerprint density at radius 2 is 1.77 bits per heavy atom. The van der Waals surface area contributed by atoms with E-state index in [0.29, 0.717) is 33.8 Å². The number of fused-ring (bicyclic) bond motifs is 2. The number of amides is 1. The summed E-state index contributed by atoms with van der Waals surface area (Å²) in [5.74, 6) is -0.564. The molecule has 6 rings (SSSR count). The molecule has 35 heavy (non-hydrogen) atoms. The lowest BCUT2D eigenvalue weighted by Gasteiger charge is -2.20.